The highest BCUT2D eigenvalue weighted by Crippen LogP contribution is 2.31. The van der Waals surface area contributed by atoms with Crippen molar-refractivity contribution in [2.45, 2.75) is 78.3 Å². The molecule has 0 fully saturated rings. The van der Waals surface area contributed by atoms with Crippen molar-refractivity contribution in [3.8, 4) is 0 Å². The van der Waals surface area contributed by atoms with Gasteiger partial charge in [0.15, 0.2) is 0 Å². The molecule has 0 bridgehead atoms. The molecule has 0 amide bonds. The van der Waals surface area contributed by atoms with E-state index in [0.717, 1.165) is 0 Å². The number of rotatable bonds is 3. The highest BCUT2D eigenvalue weighted by Gasteiger charge is 2.34. The van der Waals surface area contributed by atoms with Crippen molar-refractivity contribution in [2.75, 3.05) is 0 Å². The Morgan fingerprint density at radius 2 is 1.00 bits per heavy atom. The lowest BCUT2D eigenvalue weighted by atomic mass is 10.1. The highest BCUT2D eigenvalue weighted by molar-refractivity contribution is 8.25. The Kier molecular flexibility index (Phi) is 5.43. The van der Waals surface area contributed by atoms with Crippen LogP contribution in [-0.2, 0) is 9.31 Å². The van der Waals surface area contributed by atoms with Crippen LogP contribution in [0.1, 0.15) is 62.3 Å². The first kappa shape index (κ1) is 16.3. The van der Waals surface area contributed by atoms with Gasteiger partial charge in [0.05, 0.1) is 0 Å². The molecule has 0 saturated carbocycles. The van der Waals surface area contributed by atoms with E-state index in [0.29, 0.717) is 0 Å². The molecule has 0 aromatic rings. The molecule has 4 heteroatoms. The summed E-state index contributed by atoms with van der Waals surface area (Å²) in [4.78, 5) is 0. The van der Waals surface area contributed by atoms with Crippen LogP contribution in [0.3, 0.4) is 0 Å². The lowest BCUT2D eigenvalue weighted by Gasteiger charge is -2.32. The molecule has 0 aliphatic rings. The molecule has 96 valence electrons. The molecule has 2 nitrogen and oxygen atoms in total. The Morgan fingerprint density at radius 3 is 1.19 bits per heavy atom. The van der Waals surface area contributed by atoms with Gasteiger partial charge < -0.3 is 9.31 Å². The smallest absolute Gasteiger partial charge is 0.397 e. The summed E-state index contributed by atoms with van der Waals surface area (Å²) >= 11 is 1.71. The maximum Gasteiger partial charge on any atom is 0.532 e. The Morgan fingerprint density at radius 1 is 0.688 bits per heavy atom. The van der Waals surface area contributed by atoms with Crippen LogP contribution < -0.4 is 0 Å². The second kappa shape index (κ2) is 5.32. The van der Waals surface area contributed by atoms with Crippen molar-refractivity contribution in [3.05, 3.63) is 0 Å². The Bertz CT molecular complexity index is 172. The molecule has 0 rings (SSSR count). The zero-order valence-corrected chi connectivity index (χ0v) is 13.1. The molecule has 0 aromatic carbocycles. The van der Waals surface area contributed by atoms with E-state index in [1.807, 2.05) is 0 Å². The molecule has 0 aliphatic heterocycles. The molecular weight excluding hydrogens is 219 g/mol. The van der Waals surface area contributed by atoms with E-state index < -0.39 is 0 Å². The van der Waals surface area contributed by atoms with Crippen molar-refractivity contribution in [1.29, 1.82) is 0 Å². The van der Waals surface area contributed by atoms with E-state index in [1.165, 1.54) is 0 Å². The molecule has 0 atom stereocenters. The molecule has 0 N–H and O–H groups in total. The zero-order chi connectivity index (χ0) is 13.2. The lowest BCUT2D eigenvalue weighted by Crippen LogP contribution is -2.39. The zero-order valence-electron chi connectivity index (χ0n) is 12.3. The van der Waals surface area contributed by atoms with Gasteiger partial charge in [-0.15, -0.1) is 11.6 Å². The molecule has 0 aliphatic carbocycles. The number of hydrogen-bond acceptors (Lipinski definition) is 3. The third-order valence-corrected chi connectivity index (χ3v) is 2.44. The summed E-state index contributed by atoms with van der Waals surface area (Å²) in [5.74, 6) is 0. The normalized spacial score (nSPS) is 14.1. The average Bonchev–Trinajstić information content (AvgIpc) is 1.70. The van der Waals surface area contributed by atoms with Gasteiger partial charge in [0.1, 0.15) is 0 Å². The van der Waals surface area contributed by atoms with E-state index in [2.05, 4.69) is 62.3 Å². The van der Waals surface area contributed by atoms with E-state index in [1.54, 1.807) is 11.6 Å². The molecular formula is C12H27BO2S. The monoisotopic (exact) mass is 246 g/mol. The van der Waals surface area contributed by atoms with Crippen LogP contribution in [0.2, 0.25) is 0 Å². The van der Waals surface area contributed by atoms with Crippen molar-refractivity contribution in [1.82, 2.24) is 0 Å². The van der Waals surface area contributed by atoms with Gasteiger partial charge in [0.25, 0.3) is 0 Å². The van der Waals surface area contributed by atoms with Crippen LogP contribution in [0.25, 0.3) is 0 Å². The van der Waals surface area contributed by atoms with Crippen LogP contribution in [0.5, 0.6) is 0 Å². The predicted octanol–water partition coefficient (Wildman–Crippen LogP) is 4.13. The van der Waals surface area contributed by atoms with Gasteiger partial charge >= 0.3 is 6.40 Å². The fourth-order valence-electron chi connectivity index (χ4n) is 0.938. The van der Waals surface area contributed by atoms with E-state index in [-0.39, 0.29) is 22.3 Å². The summed E-state index contributed by atoms with van der Waals surface area (Å²) in [6.07, 6.45) is -0.222. The minimum atomic E-state index is -0.222. The highest BCUT2D eigenvalue weighted by atomic mass is 32.2. The molecule has 0 spiro atoms. The average molecular weight is 246 g/mol. The maximum atomic E-state index is 5.93. The second-order valence-electron chi connectivity index (χ2n) is 6.98. The van der Waals surface area contributed by atoms with Gasteiger partial charge in [-0.25, -0.2) is 0 Å². The minimum Gasteiger partial charge on any atom is -0.397 e. The molecule has 0 saturated heterocycles. The van der Waals surface area contributed by atoms with Gasteiger partial charge in [-0.2, -0.15) is 0 Å². The second-order valence-corrected chi connectivity index (χ2v) is 8.82. The summed E-state index contributed by atoms with van der Waals surface area (Å²) in [5, 5.41) is 0. The summed E-state index contributed by atoms with van der Waals surface area (Å²) in [7, 11) is 0. The standard InChI is InChI=1S/C12H27BO2S/c1-10(2,3)14-13(15-11(4,5)6)16-12(7,8)9/h1-9H3. The molecule has 0 radical (unpaired) electrons. The summed E-state index contributed by atoms with van der Waals surface area (Å²) in [6.45, 7) is 18.8. The quantitative estimate of drug-likeness (QED) is 0.697. The van der Waals surface area contributed by atoms with Crippen LogP contribution in [0.15, 0.2) is 0 Å². The molecule has 0 unspecified atom stereocenters. The fourth-order valence-corrected chi connectivity index (χ4v) is 2.19. The van der Waals surface area contributed by atoms with Gasteiger partial charge in [0.2, 0.25) is 0 Å². The van der Waals surface area contributed by atoms with Crippen molar-refractivity contribution < 1.29 is 9.31 Å². The Hall–Kier alpha value is 0.335. The van der Waals surface area contributed by atoms with Gasteiger partial charge in [0, 0.05) is 15.9 Å². The summed E-state index contributed by atoms with van der Waals surface area (Å²) in [6, 6.07) is 0. The summed E-state index contributed by atoms with van der Waals surface area (Å²) < 4.78 is 12.0. The van der Waals surface area contributed by atoms with Crippen molar-refractivity contribution >= 4 is 18.0 Å². The Labute approximate surface area is 106 Å². The third-order valence-electron chi connectivity index (χ3n) is 1.35. The van der Waals surface area contributed by atoms with Gasteiger partial charge in [-0.3, -0.25) is 0 Å². The van der Waals surface area contributed by atoms with Crippen molar-refractivity contribution in [2.24, 2.45) is 0 Å². The van der Waals surface area contributed by atoms with Crippen LogP contribution in [-0.4, -0.2) is 22.3 Å². The largest absolute Gasteiger partial charge is 0.532 e. The maximum absolute atomic E-state index is 5.93. The summed E-state index contributed by atoms with van der Waals surface area (Å²) in [5.41, 5.74) is -0.373. The molecule has 16 heavy (non-hydrogen) atoms. The Balaban J connectivity index is 4.53. The van der Waals surface area contributed by atoms with E-state index >= 15 is 0 Å². The molecule has 0 heterocycles. The minimum absolute atomic E-state index is 0.126. The van der Waals surface area contributed by atoms with Crippen LogP contribution in [0.4, 0.5) is 0 Å². The first-order valence-corrected chi connectivity index (χ1v) is 6.70. The third kappa shape index (κ3) is 10.8. The lowest BCUT2D eigenvalue weighted by molar-refractivity contribution is 0.0459. The van der Waals surface area contributed by atoms with E-state index in [4.69, 9.17) is 9.31 Å². The predicted molar refractivity (Wildman–Crippen MR) is 74.8 cm³/mol. The van der Waals surface area contributed by atoms with Crippen LogP contribution in [0, 0.1) is 0 Å². The number of hydrogen-bond donors (Lipinski definition) is 0. The fraction of sp³-hybridized carbons (Fsp3) is 1.00. The van der Waals surface area contributed by atoms with Gasteiger partial charge in [-0.05, 0) is 41.5 Å². The van der Waals surface area contributed by atoms with E-state index in [9.17, 15) is 0 Å². The SMILES string of the molecule is CC(C)(C)OB(OC(C)(C)C)SC(C)(C)C. The first-order valence-electron chi connectivity index (χ1n) is 5.82. The first-order chi connectivity index (χ1) is 6.79. The topological polar surface area (TPSA) is 18.5 Å². The van der Waals surface area contributed by atoms with Crippen LogP contribution >= 0.6 is 11.6 Å². The van der Waals surface area contributed by atoms with Gasteiger partial charge in [-0.1, -0.05) is 20.8 Å². The van der Waals surface area contributed by atoms with Crippen molar-refractivity contribution in [3.63, 3.8) is 0 Å². The molecule has 0 aromatic heterocycles.